The minimum absolute atomic E-state index is 0.162. The summed E-state index contributed by atoms with van der Waals surface area (Å²) in [5.74, 6) is -0.162. The fourth-order valence-electron chi connectivity index (χ4n) is 2.61. The number of carbonyl (C=O) groups is 1. The SMILES string of the molecule is CC(=O)OC1(CCc2ccccc2)CCNCC1. The van der Waals surface area contributed by atoms with Gasteiger partial charge in [0, 0.05) is 6.92 Å². The van der Waals surface area contributed by atoms with Crippen LogP contribution in [0.5, 0.6) is 0 Å². The molecule has 0 atom stereocenters. The van der Waals surface area contributed by atoms with Crippen molar-refractivity contribution < 1.29 is 9.53 Å². The fourth-order valence-corrected chi connectivity index (χ4v) is 2.61. The predicted molar refractivity (Wildman–Crippen MR) is 71.4 cm³/mol. The van der Waals surface area contributed by atoms with Gasteiger partial charge < -0.3 is 10.1 Å². The molecule has 18 heavy (non-hydrogen) atoms. The second-order valence-electron chi connectivity index (χ2n) is 5.01. The van der Waals surface area contributed by atoms with E-state index in [1.54, 1.807) is 0 Å². The first-order valence-corrected chi connectivity index (χ1v) is 6.64. The molecule has 3 heteroatoms. The zero-order chi connectivity index (χ0) is 12.8. The van der Waals surface area contributed by atoms with Gasteiger partial charge >= 0.3 is 5.97 Å². The first-order chi connectivity index (χ1) is 8.70. The summed E-state index contributed by atoms with van der Waals surface area (Å²) in [6.07, 6.45) is 3.71. The normalized spacial score (nSPS) is 18.3. The quantitative estimate of drug-likeness (QED) is 0.830. The van der Waals surface area contributed by atoms with E-state index in [1.807, 2.05) is 6.07 Å². The number of piperidine rings is 1. The fraction of sp³-hybridized carbons (Fsp3) is 0.533. The maximum Gasteiger partial charge on any atom is 0.303 e. The summed E-state index contributed by atoms with van der Waals surface area (Å²) in [7, 11) is 0. The highest BCUT2D eigenvalue weighted by molar-refractivity contribution is 5.66. The average molecular weight is 247 g/mol. The lowest BCUT2D eigenvalue weighted by Gasteiger charge is -2.37. The molecule has 1 aliphatic rings. The molecule has 0 aliphatic carbocycles. The number of benzene rings is 1. The van der Waals surface area contributed by atoms with Gasteiger partial charge in [0.1, 0.15) is 5.60 Å². The van der Waals surface area contributed by atoms with Crippen LogP contribution in [0.3, 0.4) is 0 Å². The van der Waals surface area contributed by atoms with Gasteiger partial charge in [-0.05, 0) is 44.3 Å². The largest absolute Gasteiger partial charge is 0.459 e. The highest BCUT2D eigenvalue weighted by Crippen LogP contribution is 2.29. The minimum atomic E-state index is -0.257. The maximum absolute atomic E-state index is 11.3. The van der Waals surface area contributed by atoms with Gasteiger partial charge in [-0.15, -0.1) is 0 Å². The predicted octanol–water partition coefficient (Wildman–Crippen LogP) is 2.30. The van der Waals surface area contributed by atoms with E-state index in [4.69, 9.17) is 4.74 Å². The van der Waals surface area contributed by atoms with Crippen molar-refractivity contribution in [3.63, 3.8) is 0 Å². The Bertz CT molecular complexity index is 383. The van der Waals surface area contributed by atoms with Gasteiger partial charge in [0.15, 0.2) is 0 Å². The highest BCUT2D eigenvalue weighted by Gasteiger charge is 2.34. The van der Waals surface area contributed by atoms with Crippen molar-refractivity contribution in [2.75, 3.05) is 13.1 Å². The van der Waals surface area contributed by atoms with Crippen molar-refractivity contribution in [3.05, 3.63) is 35.9 Å². The van der Waals surface area contributed by atoms with E-state index in [0.29, 0.717) is 0 Å². The highest BCUT2D eigenvalue weighted by atomic mass is 16.6. The Hall–Kier alpha value is -1.35. The third-order valence-corrected chi connectivity index (χ3v) is 3.59. The van der Waals surface area contributed by atoms with Crippen molar-refractivity contribution in [1.82, 2.24) is 5.32 Å². The smallest absolute Gasteiger partial charge is 0.303 e. The van der Waals surface area contributed by atoms with Crippen LogP contribution in [-0.2, 0) is 16.0 Å². The van der Waals surface area contributed by atoms with Gasteiger partial charge in [0.05, 0.1) is 0 Å². The van der Waals surface area contributed by atoms with Crippen LogP contribution in [0.1, 0.15) is 31.7 Å². The molecule has 0 saturated carbocycles. The summed E-state index contributed by atoms with van der Waals surface area (Å²) < 4.78 is 5.62. The van der Waals surface area contributed by atoms with E-state index in [2.05, 4.69) is 29.6 Å². The molecule has 1 fully saturated rings. The number of hydrogen-bond acceptors (Lipinski definition) is 3. The molecule has 0 spiro atoms. The summed E-state index contributed by atoms with van der Waals surface area (Å²) in [6.45, 7) is 3.37. The Morgan fingerprint density at radius 2 is 1.94 bits per heavy atom. The molecular formula is C15H21NO2. The zero-order valence-electron chi connectivity index (χ0n) is 10.9. The van der Waals surface area contributed by atoms with Crippen LogP contribution in [-0.4, -0.2) is 24.7 Å². The monoisotopic (exact) mass is 247 g/mol. The van der Waals surface area contributed by atoms with Gasteiger partial charge in [0.25, 0.3) is 0 Å². The molecule has 1 saturated heterocycles. The Morgan fingerprint density at radius 1 is 1.28 bits per heavy atom. The van der Waals surface area contributed by atoms with Gasteiger partial charge in [-0.1, -0.05) is 30.3 Å². The number of carbonyl (C=O) groups excluding carboxylic acids is 1. The third kappa shape index (κ3) is 3.57. The second kappa shape index (κ2) is 6.01. The molecule has 1 heterocycles. The van der Waals surface area contributed by atoms with Crippen LogP contribution >= 0.6 is 0 Å². The first-order valence-electron chi connectivity index (χ1n) is 6.64. The summed E-state index contributed by atoms with van der Waals surface area (Å²) in [5, 5.41) is 3.32. The van der Waals surface area contributed by atoms with Crippen molar-refractivity contribution in [1.29, 1.82) is 0 Å². The van der Waals surface area contributed by atoms with Crippen LogP contribution in [0.15, 0.2) is 30.3 Å². The van der Waals surface area contributed by atoms with Gasteiger partial charge in [-0.3, -0.25) is 4.79 Å². The molecular weight excluding hydrogens is 226 g/mol. The molecule has 2 rings (SSSR count). The van der Waals surface area contributed by atoms with E-state index in [9.17, 15) is 4.79 Å². The lowest BCUT2D eigenvalue weighted by Crippen LogP contribution is -2.45. The van der Waals surface area contributed by atoms with Crippen molar-refractivity contribution in [2.24, 2.45) is 0 Å². The van der Waals surface area contributed by atoms with Crippen LogP contribution in [0.25, 0.3) is 0 Å². The molecule has 3 nitrogen and oxygen atoms in total. The Morgan fingerprint density at radius 3 is 2.56 bits per heavy atom. The summed E-state index contributed by atoms with van der Waals surface area (Å²) in [5.41, 5.74) is 1.05. The number of ether oxygens (including phenoxy) is 1. The topological polar surface area (TPSA) is 38.3 Å². The Balaban J connectivity index is 1.99. The molecule has 0 unspecified atom stereocenters. The summed E-state index contributed by atoms with van der Waals surface area (Å²) in [6, 6.07) is 10.4. The number of esters is 1. The average Bonchev–Trinajstić information content (AvgIpc) is 2.38. The molecule has 0 amide bonds. The molecule has 0 bridgehead atoms. The first kappa shape index (κ1) is 13.1. The number of rotatable bonds is 4. The van der Waals surface area contributed by atoms with Crippen molar-refractivity contribution in [3.8, 4) is 0 Å². The van der Waals surface area contributed by atoms with E-state index in [-0.39, 0.29) is 11.6 Å². The second-order valence-corrected chi connectivity index (χ2v) is 5.01. The molecule has 1 aromatic carbocycles. The third-order valence-electron chi connectivity index (χ3n) is 3.59. The van der Waals surface area contributed by atoms with Crippen LogP contribution in [0, 0.1) is 0 Å². The van der Waals surface area contributed by atoms with Crippen LogP contribution in [0.2, 0.25) is 0 Å². The summed E-state index contributed by atoms with van der Waals surface area (Å²) in [4.78, 5) is 11.3. The molecule has 1 aliphatic heterocycles. The number of hydrogen-bond donors (Lipinski definition) is 1. The molecule has 0 aromatic heterocycles. The van der Waals surface area contributed by atoms with Crippen LogP contribution < -0.4 is 5.32 Å². The summed E-state index contributed by atoms with van der Waals surface area (Å²) >= 11 is 0. The van der Waals surface area contributed by atoms with Gasteiger partial charge in [0.2, 0.25) is 0 Å². The molecule has 98 valence electrons. The molecule has 1 aromatic rings. The number of aryl methyl sites for hydroxylation is 1. The number of nitrogens with one attached hydrogen (secondary N) is 1. The standard InChI is InChI=1S/C15H21NO2/c1-13(17)18-15(9-11-16-12-10-15)8-7-14-5-3-2-4-6-14/h2-6,16H,7-12H2,1H3. The van der Waals surface area contributed by atoms with Crippen LogP contribution in [0.4, 0.5) is 0 Å². The van der Waals surface area contributed by atoms with Gasteiger partial charge in [-0.25, -0.2) is 0 Å². The molecule has 0 radical (unpaired) electrons. The Kier molecular flexibility index (Phi) is 4.37. The maximum atomic E-state index is 11.3. The van der Waals surface area contributed by atoms with E-state index < -0.39 is 0 Å². The lowest BCUT2D eigenvalue weighted by atomic mass is 9.86. The van der Waals surface area contributed by atoms with E-state index in [0.717, 1.165) is 38.8 Å². The van der Waals surface area contributed by atoms with E-state index >= 15 is 0 Å². The van der Waals surface area contributed by atoms with Crippen molar-refractivity contribution in [2.45, 2.75) is 38.2 Å². The molecule has 1 N–H and O–H groups in total. The zero-order valence-corrected chi connectivity index (χ0v) is 10.9. The van der Waals surface area contributed by atoms with Crippen molar-refractivity contribution >= 4 is 5.97 Å². The minimum Gasteiger partial charge on any atom is -0.459 e. The van der Waals surface area contributed by atoms with E-state index in [1.165, 1.54) is 12.5 Å². The lowest BCUT2D eigenvalue weighted by molar-refractivity contribution is -0.160. The van der Waals surface area contributed by atoms with Gasteiger partial charge in [-0.2, -0.15) is 0 Å². The Labute approximate surface area is 109 Å².